The van der Waals surface area contributed by atoms with Crippen LogP contribution in [0, 0.1) is 10.8 Å². The Morgan fingerprint density at radius 3 is 2.02 bits per heavy atom. The van der Waals surface area contributed by atoms with Crippen LogP contribution in [0.25, 0.3) is 0 Å². The molecule has 1 aliphatic heterocycles. The second-order valence-corrected chi connectivity index (χ2v) is 15.1. The molecule has 0 spiro atoms. The molecule has 3 aromatic rings. The predicted molar refractivity (Wildman–Crippen MR) is 188 cm³/mol. The number of carbonyl (C=O) groups excluding carboxylic acids is 3. The Labute approximate surface area is 288 Å². The molecule has 8 heteroatoms. The molecule has 1 amide bonds. The average molecular weight is 667 g/mol. The number of Topliss-reactive ketones (excluding diaryl/α,β-unsaturated/α-hetero) is 2. The topological polar surface area (TPSA) is 84.9 Å². The number of nitrogens with one attached hydrogen (secondary N) is 1. The normalized spacial score (nSPS) is 18.8. The van der Waals surface area contributed by atoms with Crippen LogP contribution in [0.5, 0.6) is 11.5 Å². The van der Waals surface area contributed by atoms with Crippen LogP contribution in [0.15, 0.2) is 95.3 Å². The zero-order chi connectivity index (χ0) is 34.2. The molecule has 1 N–H and O–H groups in total. The summed E-state index contributed by atoms with van der Waals surface area (Å²) >= 11 is 5.96. The molecule has 2 aliphatic carbocycles. The van der Waals surface area contributed by atoms with E-state index in [1.165, 1.54) is 5.56 Å². The van der Waals surface area contributed by atoms with Crippen molar-refractivity contribution in [2.24, 2.45) is 10.8 Å². The van der Waals surface area contributed by atoms with Gasteiger partial charge in [0, 0.05) is 58.6 Å². The first-order valence-corrected chi connectivity index (χ1v) is 16.9. The number of hydrogen-bond donors (Lipinski definition) is 1. The van der Waals surface area contributed by atoms with Gasteiger partial charge in [0.2, 0.25) is 0 Å². The number of amides is 1. The number of nitrogens with zero attached hydrogens (tertiary/aromatic N) is 1. The third-order valence-corrected chi connectivity index (χ3v) is 9.75. The van der Waals surface area contributed by atoms with E-state index in [1.807, 2.05) is 30.3 Å². The van der Waals surface area contributed by atoms with E-state index in [9.17, 15) is 14.4 Å². The van der Waals surface area contributed by atoms with E-state index in [2.05, 4.69) is 50.0 Å². The lowest BCUT2D eigenvalue weighted by molar-refractivity contribution is -0.120. The number of ketones is 2. The largest absolute Gasteiger partial charge is 0.493 e. The third-order valence-electron chi connectivity index (χ3n) is 9.50. The molecule has 0 fully saturated rings. The van der Waals surface area contributed by atoms with Gasteiger partial charge in [0.15, 0.2) is 29.7 Å². The van der Waals surface area contributed by atoms with Gasteiger partial charge in [-0.25, -0.2) is 0 Å². The zero-order valence-electron chi connectivity index (χ0n) is 28.3. The van der Waals surface area contributed by atoms with Crippen LogP contribution in [0.1, 0.15) is 70.4 Å². The van der Waals surface area contributed by atoms with Crippen molar-refractivity contribution in [1.82, 2.24) is 4.90 Å². The highest BCUT2D eigenvalue weighted by Gasteiger charge is 2.49. The summed E-state index contributed by atoms with van der Waals surface area (Å²) in [6, 6.07) is 22.7. The minimum atomic E-state index is -0.508. The van der Waals surface area contributed by atoms with Crippen molar-refractivity contribution >= 4 is 34.8 Å². The van der Waals surface area contributed by atoms with Gasteiger partial charge in [-0.1, -0.05) is 75.7 Å². The summed E-state index contributed by atoms with van der Waals surface area (Å²) in [5, 5.41) is 3.37. The monoisotopic (exact) mass is 666 g/mol. The highest BCUT2D eigenvalue weighted by atomic mass is 35.5. The molecule has 0 radical (unpaired) electrons. The SMILES string of the molecule is COc1cc(C2C3=C(CC(C)(C)CC3=O)N(CCc3ccccc3)C3=C2C(=O)CC(C)(C)C3)ccc1OCC(=O)Nc1ccc(Cl)cc1. The number of ether oxygens (including phenoxy) is 2. The molecule has 3 aromatic carbocycles. The Morgan fingerprint density at radius 2 is 1.44 bits per heavy atom. The Bertz CT molecular complexity index is 1750. The van der Waals surface area contributed by atoms with E-state index in [0.29, 0.717) is 52.7 Å². The Morgan fingerprint density at radius 1 is 0.833 bits per heavy atom. The maximum atomic E-state index is 14.2. The summed E-state index contributed by atoms with van der Waals surface area (Å²) in [4.78, 5) is 43.4. The molecular weight excluding hydrogens is 624 g/mol. The highest BCUT2D eigenvalue weighted by Crippen LogP contribution is 2.55. The van der Waals surface area contributed by atoms with E-state index in [4.69, 9.17) is 21.1 Å². The second kappa shape index (κ2) is 13.3. The van der Waals surface area contributed by atoms with Crippen molar-refractivity contribution in [3.05, 3.63) is 111 Å². The summed E-state index contributed by atoms with van der Waals surface area (Å²) in [6.45, 7) is 9.06. The van der Waals surface area contributed by atoms with Crippen molar-refractivity contribution in [3.8, 4) is 11.5 Å². The van der Waals surface area contributed by atoms with Gasteiger partial charge in [-0.05, 0) is 77.6 Å². The molecule has 6 rings (SSSR count). The molecular formula is C40H43ClN2O5. The summed E-state index contributed by atoms with van der Waals surface area (Å²) in [6.07, 6.45) is 3.11. The van der Waals surface area contributed by atoms with Gasteiger partial charge in [-0.2, -0.15) is 0 Å². The summed E-state index contributed by atoms with van der Waals surface area (Å²) in [5.74, 6) is 0.142. The van der Waals surface area contributed by atoms with Gasteiger partial charge in [-0.3, -0.25) is 14.4 Å². The third kappa shape index (κ3) is 7.07. The van der Waals surface area contributed by atoms with Gasteiger partial charge >= 0.3 is 0 Å². The Kier molecular flexibility index (Phi) is 9.27. The Balaban J connectivity index is 1.37. The molecule has 0 saturated heterocycles. The predicted octanol–water partition coefficient (Wildman–Crippen LogP) is 8.29. The molecule has 0 aromatic heterocycles. The number of carbonyl (C=O) groups is 3. The van der Waals surface area contributed by atoms with Crippen LogP contribution in [0.2, 0.25) is 5.02 Å². The number of benzene rings is 3. The lowest BCUT2D eigenvalue weighted by Crippen LogP contribution is -2.45. The molecule has 7 nitrogen and oxygen atoms in total. The van der Waals surface area contributed by atoms with Gasteiger partial charge in [-0.15, -0.1) is 0 Å². The van der Waals surface area contributed by atoms with Crippen LogP contribution >= 0.6 is 11.6 Å². The molecule has 48 heavy (non-hydrogen) atoms. The standard InChI is InChI=1S/C40H43ClN2O5/c1-39(2)20-29-37(31(44)22-39)36(38-30(21-40(3,4)23-32(38)45)43(29)18-17-25-9-7-6-8-10-25)26-11-16-33(34(19-26)47-5)48-24-35(46)42-28-14-12-27(41)13-15-28/h6-16,19,36H,17-18,20-24H2,1-5H3,(H,42,46). The lowest BCUT2D eigenvalue weighted by Gasteiger charge is -2.49. The van der Waals surface area contributed by atoms with Crippen molar-refractivity contribution < 1.29 is 23.9 Å². The van der Waals surface area contributed by atoms with E-state index < -0.39 is 5.92 Å². The maximum absolute atomic E-state index is 14.2. The van der Waals surface area contributed by atoms with E-state index in [-0.39, 0.29) is 34.9 Å². The average Bonchev–Trinajstić information content (AvgIpc) is 3.03. The van der Waals surface area contributed by atoms with Crippen molar-refractivity contribution in [2.75, 3.05) is 25.6 Å². The van der Waals surface area contributed by atoms with Crippen LogP contribution in [-0.4, -0.2) is 42.6 Å². The first-order valence-electron chi connectivity index (χ1n) is 16.5. The number of allylic oxidation sites excluding steroid dienone is 4. The van der Waals surface area contributed by atoms with E-state index >= 15 is 0 Å². The fraction of sp³-hybridized carbons (Fsp3) is 0.375. The van der Waals surface area contributed by atoms with Gasteiger partial charge < -0.3 is 19.7 Å². The summed E-state index contributed by atoms with van der Waals surface area (Å²) in [5.41, 5.74) is 5.69. The smallest absolute Gasteiger partial charge is 0.262 e. The highest BCUT2D eigenvalue weighted by molar-refractivity contribution is 6.30. The zero-order valence-corrected chi connectivity index (χ0v) is 29.1. The van der Waals surface area contributed by atoms with Gasteiger partial charge in [0.1, 0.15) is 0 Å². The van der Waals surface area contributed by atoms with Crippen LogP contribution in [0.4, 0.5) is 5.69 Å². The van der Waals surface area contributed by atoms with E-state index in [1.54, 1.807) is 37.4 Å². The van der Waals surface area contributed by atoms with E-state index in [0.717, 1.165) is 36.2 Å². The van der Waals surface area contributed by atoms with Gasteiger partial charge in [0.05, 0.1) is 7.11 Å². The minimum Gasteiger partial charge on any atom is -0.493 e. The van der Waals surface area contributed by atoms with Gasteiger partial charge in [0.25, 0.3) is 5.91 Å². The molecule has 0 atom stereocenters. The van der Waals surface area contributed by atoms with Crippen LogP contribution in [-0.2, 0) is 20.8 Å². The number of hydrogen-bond acceptors (Lipinski definition) is 6. The molecule has 3 aliphatic rings. The molecule has 0 unspecified atom stereocenters. The first kappa shape index (κ1) is 33.5. The summed E-state index contributed by atoms with van der Waals surface area (Å²) in [7, 11) is 1.55. The summed E-state index contributed by atoms with van der Waals surface area (Å²) < 4.78 is 11.7. The number of rotatable bonds is 9. The first-order chi connectivity index (χ1) is 22.8. The van der Waals surface area contributed by atoms with Crippen molar-refractivity contribution in [3.63, 3.8) is 0 Å². The van der Waals surface area contributed by atoms with Crippen molar-refractivity contribution in [1.29, 1.82) is 0 Å². The van der Waals surface area contributed by atoms with Crippen LogP contribution in [0.3, 0.4) is 0 Å². The molecule has 0 saturated carbocycles. The fourth-order valence-corrected chi connectivity index (χ4v) is 7.52. The number of methoxy groups -OCH3 is 1. The molecule has 250 valence electrons. The van der Waals surface area contributed by atoms with Crippen molar-refractivity contribution in [2.45, 2.75) is 65.7 Å². The van der Waals surface area contributed by atoms with Crippen LogP contribution < -0.4 is 14.8 Å². The molecule has 0 bridgehead atoms. The molecule has 1 heterocycles. The second-order valence-electron chi connectivity index (χ2n) is 14.7. The quantitative estimate of drug-likeness (QED) is 0.247. The minimum absolute atomic E-state index is 0.0818. The Hall–Kier alpha value is -4.36. The number of halogens is 1. The maximum Gasteiger partial charge on any atom is 0.262 e. The lowest BCUT2D eigenvalue weighted by atomic mass is 9.63. The fourth-order valence-electron chi connectivity index (χ4n) is 7.39. The number of anilines is 1.